The first kappa shape index (κ1) is 11.8. The summed E-state index contributed by atoms with van der Waals surface area (Å²) in [5.74, 6) is 0.0771. The number of hydrogen-bond donors (Lipinski definition) is 3. The highest BCUT2D eigenvalue weighted by Gasteiger charge is 2.23. The van der Waals surface area contributed by atoms with Crippen LogP contribution in [0.5, 0.6) is 0 Å². The topological polar surface area (TPSA) is 71.2 Å². The molecule has 1 unspecified atom stereocenters. The SMILES string of the molecule is Nc1ncccc1C(NCCO)C(F)F. The van der Waals surface area contributed by atoms with Crippen LogP contribution in [0.25, 0.3) is 0 Å². The van der Waals surface area contributed by atoms with Gasteiger partial charge in [-0.3, -0.25) is 0 Å². The Morgan fingerprint density at radius 2 is 2.27 bits per heavy atom. The summed E-state index contributed by atoms with van der Waals surface area (Å²) in [4.78, 5) is 3.73. The van der Waals surface area contributed by atoms with Crippen molar-refractivity contribution in [1.29, 1.82) is 0 Å². The minimum Gasteiger partial charge on any atom is -0.395 e. The molecule has 0 aliphatic carbocycles. The molecule has 0 spiro atoms. The molecule has 0 aliphatic rings. The van der Waals surface area contributed by atoms with E-state index in [1.165, 1.54) is 12.3 Å². The maximum Gasteiger partial charge on any atom is 0.257 e. The van der Waals surface area contributed by atoms with Gasteiger partial charge in [0, 0.05) is 18.3 Å². The van der Waals surface area contributed by atoms with E-state index in [2.05, 4.69) is 10.3 Å². The van der Waals surface area contributed by atoms with Crippen LogP contribution in [0.1, 0.15) is 11.6 Å². The van der Waals surface area contributed by atoms with Crippen LogP contribution < -0.4 is 11.1 Å². The second kappa shape index (κ2) is 5.57. The summed E-state index contributed by atoms with van der Waals surface area (Å²) in [6, 6.07) is 1.84. The molecule has 1 aromatic heterocycles. The molecule has 0 radical (unpaired) electrons. The van der Waals surface area contributed by atoms with Crippen LogP contribution in [0.4, 0.5) is 14.6 Å². The van der Waals surface area contributed by atoms with E-state index >= 15 is 0 Å². The Morgan fingerprint density at radius 3 is 2.80 bits per heavy atom. The number of anilines is 1. The lowest BCUT2D eigenvalue weighted by atomic mass is 10.1. The van der Waals surface area contributed by atoms with Gasteiger partial charge < -0.3 is 16.2 Å². The molecule has 0 aromatic carbocycles. The zero-order valence-corrected chi connectivity index (χ0v) is 8.03. The Kier molecular flexibility index (Phi) is 4.38. The number of aliphatic hydroxyl groups is 1. The number of aromatic nitrogens is 1. The lowest BCUT2D eigenvalue weighted by Gasteiger charge is -2.18. The zero-order valence-electron chi connectivity index (χ0n) is 8.03. The van der Waals surface area contributed by atoms with Gasteiger partial charge in [0.25, 0.3) is 6.43 Å². The molecule has 1 aromatic rings. The van der Waals surface area contributed by atoms with Gasteiger partial charge >= 0.3 is 0 Å². The molecule has 84 valence electrons. The third kappa shape index (κ3) is 3.10. The molecular formula is C9H13F2N3O. The van der Waals surface area contributed by atoms with Crippen molar-refractivity contribution in [3.8, 4) is 0 Å². The predicted octanol–water partition coefficient (Wildman–Crippen LogP) is 0.552. The van der Waals surface area contributed by atoms with Crippen molar-refractivity contribution in [3.63, 3.8) is 0 Å². The normalized spacial score (nSPS) is 13.1. The van der Waals surface area contributed by atoms with Crippen LogP contribution in [0.2, 0.25) is 0 Å². The van der Waals surface area contributed by atoms with E-state index in [1.807, 2.05) is 0 Å². The highest BCUT2D eigenvalue weighted by molar-refractivity contribution is 5.41. The van der Waals surface area contributed by atoms with Crippen LogP contribution in [-0.2, 0) is 0 Å². The summed E-state index contributed by atoms with van der Waals surface area (Å²) in [5, 5.41) is 11.1. The fraction of sp³-hybridized carbons (Fsp3) is 0.444. The molecule has 6 heteroatoms. The molecule has 0 saturated heterocycles. The van der Waals surface area contributed by atoms with Crippen molar-refractivity contribution in [2.45, 2.75) is 12.5 Å². The number of nitrogens with zero attached hydrogens (tertiary/aromatic N) is 1. The van der Waals surface area contributed by atoms with Gasteiger partial charge in [0.2, 0.25) is 0 Å². The summed E-state index contributed by atoms with van der Waals surface area (Å²) < 4.78 is 25.3. The van der Waals surface area contributed by atoms with Crippen molar-refractivity contribution >= 4 is 5.82 Å². The van der Waals surface area contributed by atoms with E-state index in [4.69, 9.17) is 10.8 Å². The molecule has 1 heterocycles. The minimum absolute atomic E-state index is 0.0771. The van der Waals surface area contributed by atoms with Gasteiger partial charge in [-0.25, -0.2) is 13.8 Å². The van der Waals surface area contributed by atoms with Crippen LogP contribution in [0, 0.1) is 0 Å². The molecule has 4 N–H and O–H groups in total. The largest absolute Gasteiger partial charge is 0.395 e. The quantitative estimate of drug-likeness (QED) is 0.673. The minimum atomic E-state index is -2.59. The van der Waals surface area contributed by atoms with Crippen LogP contribution in [0.15, 0.2) is 18.3 Å². The highest BCUT2D eigenvalue weighted by Crippen LogP contribution is 2.23. The van der Waals surface area contributed by atoms with Crippen molar-refractivity contribution in [2.24, 2.45) is 0 Å². The first-order valence-corrected chi connectivity index (χ1v) is 4.49. The average molecular weight is 217 g/mol. The number of pyridine rings is 1. The second-order valence-electron chi connectivity index (χ2n) is 2.97. The summed E-state index contributed by atoms with van der Waals surface area (Å²) in [6.07, 6.45) is -1.16. The van der Waals surface area contributed by atoms with Gasteiger partial charge in [-0.2, -0.15) is 0 Å². The van der Waals surface area contributed by atoms with Crippen LogP contribution in [-0.4, -0.2) is 29.7 Å². The summed E-state index contributed by atoms with van der Waals surface area (Å²) in [5.41, 5.74) is 5.73. The van der Waals surface area contributed by atoms with Gasteiger partial charge in [0.1, 0.15) is 5.82 Å². The Bertz CT molecular complexity index is 309. The first-order chi connectivity index (χ1) is 7.16. The van der Waals surface area contributed by atoms with Crippen molar-refractivity contribution in [1.82, 2.24) is 10.3 Å². The van der Waals surface area contributed by atoms with Gasteiger partial charge in [-0.05, 0) is 6.07 Å². The molecule has 0 aliphatic heterocycles. The number of rotatable bonds is 5. The monoisotopic (exact) mass is 217 g/mol. The summed E-state index contributed by atoms with van der Waals surface area (Å²) >= 11 is 0. The van der Waals surface area contributed by atoms with Gasteiger partial charge in [0.15, 0.2) is 0 Å². The molecule has 0 fully saturated rings. The van der Waals surface area contributed by atoms with Crippen molar-refractivity contribution in [3.05, 3.63) is 23.9 Å². The van der Waals surface area contributed by atoms with E-state index < -0.39 is 12.5 Å². The molecule has 0 amide bonds. The molecule has 1 atom stereocenters. The fourth-order valence-electron chi connectivity index (χ4n) is 1.25. The molecule has 4 nitrogen and oxygen atoms in total. The Hall–Kier alpha value is -1.27. The molecule has 15 heavy (non-hydrogen) atoms. The third-order valence-corrected chi connectivity index (χ3v) is 1.93. The lowest BCUT2D eigenvalue weighted by molar-refractivity contribution is 0.0955. The smallest absolute Gasteiger partial charge is 0.257 e. The molecule has 0 bridgehead atoms. The standard InChI is InChI=1S/C9H13F2N3O/c10-8(11)7(13-4-5-15)6-2-1-3-14-9(6)12/h1-3,7-8,13,15H,4-5H2,(H2,12,14). The predicted molar refractivity (Wildman–Crippen MR) is 52.5 cm³/mol. The average Bonchev–Trinajstić information content (AvgIpc) is 2.20. The van der Waals surface area contributed by atoms with E-state index in [0.717, 1.165) is 0 Å². The number of hydrogen-bond acceptors (Lipinski definition) is 4. The maximum absolute atomic E-state index is 12.7. The van der Waals surface area contributed by atoms with Crippen LogP contribution >= 0.6 is 0 Å². The van der Waals surface area contributed by atoms with Crippen molar-refractivity contribution in [2.75, 3.05) is 18.9 Å². The Balaban J connectivity index is 2.84. The highest BCUT2D eigenvalue weighted by atomic mass is 19.3. The number of halogens is 2. The Morgan fingerprint density at radius 1 is 1.53 bits per heavy atom. The van der Waals surface area contributed by atoms with E-state index in [-0.39, 0.29) is 24.5 Å². The van der Waals surface area contributed by atoms with E-state index in [1.54, 1.807) is 6.07 Å². The van der Waals surface area contributed by atoms with E-state index in [9.17, 15) is 8.78 Å². The number of alkyl halides is 2. The van der Waals surface area contributed by atoms with Crippen molar-refractivity contribution < 1.29 is 13.9 Å². The first-order valence-electron chi connectivity index (χ1n) is 4.49. The fourth-order valence-corrected chi connectivity index (χ4v) is 1.25. The lowest BCUT2D eigenvalue weighted by Crippen LogP contribution is -2.30. The Labute approximate surface area is 86.1 Å². The summed E-state index contributed by atoms with van der Waals surface area (Å²) in [7, 11) is 0. The maximum atomic E-state index is 12.7. The van der Waals surface area contributed by atoms with E-state index in [0.29, 0.717) is 0 Å². The van der Waals surface area contributed by atoms with Gasteiger partial charge in [0.05, 0.1) is 12.6 Å². The van der Waals surface area contributed by atoms with Crippen LogP contribution in [0.3, 0.4) is 0 Å². The summed E-state index contributed by atoms with van der Waals surface area (Å²) in [6.45, 7) is -0.118. The molecular weight excluding hydrogens is 204 g/mol. The zero-order chi connectivity index (χ0) is 11.3. The van der Waals surface area contributed by atoms with Gasteiger partial charge in [-0.1, -0.05) is 6.07 Å². The number of nitrogens with two attached hydrogens (primary N) is 1. The second-order valence-corrected chi connectivity index (χ2v) is 2.97. The third-order valence-electron chi connectivity index (χ3n) is 1.93. The number of nitrogens with one attached hydrogen (secondary N) is 1. The molecule has 1 rings (SSSR count). The van der Waals surface area contributed by atoms with Gasteiger partial charge in [-0.15, -0.1) is 0 Å². The number of aliphatic hydroxyl groups excluding tert-OH is 1. The number of nitrogen functional groups attached to an aromatic ring is 1. The molecule has 0 saturated carbocycles.